The average molecular weight is 429 g/mol. The van der Waals surface area contributed by atoms with Gasteiger partial charge in [-0.2, -0.15) is 0 Å². The van der Waals surface area contributed by atoms with Gasteiger partial charge in [0.25, 0.3) is 5.91 Å². The zero-order valence-corrected chi connectivity index (χ0v) is 18.1. The van der Waals surface area contributed by atoms with Crippen molar-refractivity contribution in [2.45, 2.75) is 32.4 Å². The fraction of sp³-hybridized carbons (Fsp3) is 0.348. The van der Waals surface area contributed by atoms with E-state index >= 15 is 0 Å². The summed E-state index contributed by atoms with van der Waals surface area (Å²) in [5.41, 5.74) is 2.55. The minimum Gasteiger partial charge on any atom is -0.493 e. The molecular formula is C23H25ClN2O4. The van der Waals surface area contributed by atoms with E-state index in [1.165, 1.54) is 0 Å². The van der Waals surface area contributed by atoms with Crippen LogP contribution >= 0.6 is 11.6 Å². The molecule has 7 heteroatoms. The lowest BCUT2D eigenvalue weighted by atomic mass is 10.1. The van der Waals surface area contributed by atoms with E-state index in [2.05, 4.69) is 12.2 Å². The minimum atomic E-state index is -0.120. The molecule has 1 atom stereocenters. The molecule has 1 aromatic heterocycles. The van der Waals surface area contributed by atoms with Crippen molar-refractivity contribution in [2.24, 2.45) is 0 Å². The molecule has 0 saturated carbocycles. The third-order valence-electron chi connectivity index (χ3n) is 5.48. The number of hydrogen-bond donors (Lipinski definition) is 1. The Morgan fingerprint density at radius 3 is 2.73 bits per heavy atom. The van der Waals surface area contributed by atoms with Crippen molar-refractivity contribution < 1.29 is 19.0 Å². The first-order chi connectivity index (χ1) is 14.5. The number of halogens is 1. The molecule has 158 valence electrons. The maximum absolute atomic E-state index is 13.0. The van der Waals surface area contributed by atoms with E-state index in [-0.39, 0.29) is 12.0 Å². The summed E-state index contributed by atoms with van der Waals surface area (Å²) in [4.78, 5) is 13.0. The second-order valence-corrected chi connectivity index (χ2v) is 7.70. The lowest BCUT2D eigenvalue weighted by Crippen LogP contribution is -2.32. The van der Waals surface area contributed by atoms with Crippen LogP contribution in [0.5, 0.6) is 17.2 Å². The molecule has 1 aliphatic rings. The van der Waals surface area contributed by atoms with Crippen molar-refractivity contribution in [3.63, 3.8) is 0 Å². The number of nitrogens with zero attached hydrogens (tertiary/aromatic N) is 1. The van der Waals surface area contributed by atoms with Gasteiger partial charge in [0.05, 0.1) is 31.3 Å². The maximum Gasteiger partial charge on any atom is 0.267 e. The number of hydrogen-bond acceptors (Lipinski definition) is 4. The standard InChI is InChI=1S/C23H25ClN2O4/c1-4-15-13-26-18(12-16-17(24)6-8-20(30-15)22(16)26)23(27)25-10-9-14-5-7-19(28-2)21(11-14)29-3/h5-8,11-12,15H,4,9-10,13H2,1-3H3,(H,25,27). The van der Waals surface area contributed by atoms with Crippen LogP contribution in [0, 0.1) is 0 Å². The summed E-state index contributed by atoms with van der Waals surface area (Å²) >= 11 is 6.39. The molecule has 1 unspecified atom stereocenters. The Hall–Kier alpha value is -2.86. The maximum atomic E-state index is 13.0. The molecule has 1 amide bonds. The van der Waals surface area contributed by atoms with Gasteiger partial charge in [0.2, 0.25) is 0 Å². The topological polar surface area (TPSA) is 61.7 Å². The predicted molar refractivity (Wildman–Crippen MR) is 117 cm³/mol. The third-order valence-corrected chi connectivity index (χ3v) is 5.81. The normalized spacial score (nSPS) is 15.0. The van der Waals surface area contributed by atoms with E-state index in [0.29, 0.717) is 41.7 Å². The average Bonchev–Trinajstić information content (AvgIpc) is 3.16. The Morgan fingerprint density at radius 2 is 2.00 bits per heavy atom. The zero-order chi connectivity index (χ0) is 21.3. The molecule has 0 bridgehead atoms. The van der Waals surface area contributed by atoms with Gasteiger partial charge in [-0.1, -0.05) is 24.6 Å². The van der Waals surface area contributed by atoms with Crippen molar-refractivity contribution in [2.75, 3.05) is 20.8 Å². The molecule has 30 heavy (non-hydrogen) atoms. The quantitative estimate of drug-likeness (QED) is 0.603. The fourth-order valence-electron chi connectivity index (χ4n) is 3.87. The molecule has 6 nitrogen and oxygen atoms in total. The van der Waals surface area contributed by atoms with Crippen LogP contribution in [0.1, 0.15) is 29.4 Å². The Labute approximate surface area is 180 Å². The van der Waals surface area contributed by atoms with Crippen LogP contribution in [0.2, 0.25) is 5.02 Å². The molecular weight excluding hydrogens is 404 g/mol. The molecule has 1 aliphatic heterocycles. The summed E-state index contributed by atoms with van der Waals surface area (Å²) in [6.45, 7) is 3.21. The van der Waals surface area contributed by atoms with Crippen LogP contribution in [0.25, 0.3) is 10.9 Å². The van der Waals surface area contributed by atoms with E-state index in [4.69, 9.17) is 25.8 Å². The second kappa shape index (κ2) is 8.48. The predicted octanol–water partition coefficient (Wildman–Crippen LogP) is 4.46. The van der Waals surface area contributed by atoms with Gasteiger partial charge in [0.1, 0.15) is 17.5 Å². The van der Waals surface area contributed by atoms with Gasteiger partial charge in [-0.3, -0.25) is 4.79 Å². The van der Waals surface area contributed by atoms with Gasteiger partial charge in [0, 0.05) is 11.9 Å². The highest BCUT2D eigenvalue weighted by Crippen LogP contribution is 2.38. The molecule has 0 radical (unpaired) electrons. The van der Waals surface area contributed by atoms with E-state index < -0.39 is 0 Å². The van der Waals surface area contributed by atoms with Crippen molar-refractivity contribution in [1.29, 1.82) is 0 Å². The van der Waals surface area contributed by atoms with E-state index in [1.54, 1.807) is 14.2 Å². The van der Waals surface area contributed by atoms with Crippen molar-refractivity contribution >= 4 is 28.4 Å². The SMILES string of the molecule is CCC1Cn2c(C(=O)NCCc3ccc(OC)c(OC)c3)cc3c(Cl)ccc(c32)O1. The number of carbonyl (C=O) groups is 1. The first kappa shape index (κ1) is 20.4. The van der Waals surface area contributed by atoms with Crippen LogP contribution in [-0.2, 0) is 13.0 Å². The smallest absolute Gasteiger partial charge is 0.267 e. The molecule has 3 aromatic rings. The highest BCUT2D eigenvalue weighted by atomic mass is 35.5. The molecule has 2 heterocycles. The van der Waals surface area contributed by atoms with Crippen LogP contribution in [0.4, 0.5) is 0 Å². The fourth-order valence-corrected chi connectivity index (χ4v) is 4.07. The highest BCUT2D eigenvalue weighted by molar-refractivity contribution is 6.36. The summed E-state index contributed by atoms with van der Waals surface area (Å²) in [5, 5.41) is 4.49. The number of ether oxygens (including phenoxy) is 3. The first-order valence-corrected chi connectivity index (χ1v) is 10.4. The first-order valence-electron chi connectivity index (χ1n) is 10.0. The monoisotopic (exact) mass is 428 g/mol. The number of rotatable bonds is 7. The van der Waals surface area contributed by atoms with E-state index in [1.807, 2.05) is 41.0 Å². The zero-order valence-electron chi connectivity index (χ0n) is 17.3. The summed E-state index contributed by atoms with van der Waals surface area (Å²) < 4.78 is 18.7. The number of nitrogens with one attached hydrogen (secondary N) is 1. The van der Waals surface area contributed by atoms with Crippen LogP contribution in [-0.4, -0.2) is 37.3 Å². The van der Waals surface area contributed by atoms with Gasteiger partial charge in [-0.25, -0.2) is 0 Å². The number of methoxy groups -OCH3 is 2. The Bertz CT molecular complexity index is 1090. The van der Waals surface area contributed by atoms with Crippen molar-refractivity contribution in [3.05, 3.63) is 52.7 Å². The number of aromatic nitrogens is 1. The molecule has 4 rings (SSSR count). The number of amides is 1. The molecule has 0 fully saturated rings. The largest absolute Gasteiger partial charge is 0.493 e. The third kappa shape index (κ3) is 3.67. The van der Waals surface area contributed by atoms with E-state index in [0.717, 1.165) is 28.6 Å². The van der Waals surface area contributed by atoms with E-state index in [9.17, 15) is 4.79 Å². The molecule has 0 aliphatic carbocycles. The van der Waals surface area contributed by atoms with Gasteiger partial charge < -0.3 is 24.1 Å². The Kier molecular flexibility index (Phi) is 5.77. The van der Waals surface area contributed by atoms with Crippen LogP contribution in [0.15, 0.2) is 36.4 Å². The van der Waals surface area contributed by atoms with Crippen molar-refractivity contribution in [3.8, 4) is 17.2 Å². The van der Waals surface area contributed by atoms with Gasteiger partial charge in [-0.15, -0.1) is 0 Å². The van der Waals surface area contributed by atoms with Gasteiger partial charge in [0.15, 0.2) is 11.5 Å². The van der Waals surface area contributed by atoms with Crippen LogP contribution in [0.3, 0.4) is 0 Å². The summed E-state index contributed by atoms with van der Waals surface area (Å²) in [7, 11) is 3.22. The molecule has 0 saturated heterocycles. The number of carbonyl (C=O) groups excluding carboxylic acids is 1. The lowest BCUT2D eigenvalue weighted by Gasteiger charge is -2.26. The second-order valence-electron chi connectivity index (χ2n) is 7.29. The summed E-state index contributed by atoms with van der Waals surface area (Å²) in [6, 6.07) is 11.3. The van der Waals surface area contributed by atoms with Gasteiger partial charge >= 0.3 is 0 Å². The molecule has 1 N–H and O–H groups in total. The highest BCUT2D eigenvalue weighted by Gasteiger charge is 2.26. The minimum absolute atomic E-state index is 0.0348. The Morgan fingerprint density at radius 1 is 1.20 bits per heavy atom. The molecule has 2 aromatic carbocycles. The Balaban J connectivity index is 1.52. The number of benzene rings is 2. The van der Waals surface area contributed by atoms with Crippen LogP contribution < -0.4 is 19.5 Å². The summed E-state index contributed by atoms with van der Waals surface area (Å²) in [5.74, 6) is 2.02. The van der Waals surface area contributed by atoms with Crippen molar-refractivity contribution in [1.82, 2.24) is 9.88 Å². The molecule has 0 spiro atoms. The van der Waals surface area contributed by atoms with Gasteiger partial charge in [-0.05, 0) is 48.7 Å². The summed E-state index contributed by atoms with van der Waals surface area (Å²) in [6.07, 6.45) is 1.58. The lowest BCUT2D eigenvalue weighted by molar-refractivity contribution is 0.0938.